The second-order valence-electron chi connectivity index (χ2n) is 4.50. The lowest BCUT2D eigenvalue weighted by Gasteiger charge is -2.20. The number of nitrogens with two attached hydrogens (primary N) is 1. The molecule has 1 aliphatic rings. The number of hydrogen-bond donors (Lipinski definition) is 2. The van der Waals surface area contributed by atoms with Gasteiger partial charge in [0.2, 0.25) is 0 Å². The summed E-state index contributed by atoms with van der Waals surface area (Å²) in [4.78, 5) is 23.8. The number of imide groups is 1. The van der Waals surface area contributed by atoms with Crippen molar-refractivity contribution in [2.45, 2.75) is 6.42 Å². The van der Waals surface area contributed by atoms with E-state index in [1.165, 1.54) is 0 Å². The molecule has 3 N–H and O–H groups in total. The summed E-state index contributed by atoms with van der Waals surface area (Å²) in [5, 5.41) is 3.81. The predicted octanol–water partition coefficient (Wildman–Crippen LogP) is 2.03. The lowest BCUT2D eigenvalue weighted by Crippen LogP contribution is -2.35. The molecule has 2 aromatic rings. The molecule has 3 rings (SSSR count). The molecule has 4 heteroatoms. The maximum absolute atomic E-state index is 12.0. The number of nitrogen functional groups attached to an aromatic ring is 1. The molecule has 0 spiro atoms. The third-order valence-electron chi connectivity index (χ3n) is 3.35. The van der Waals surface area contributed by atoms with E-state index in [0.29, 0.717) is 28.6 Å². The van der Waals surface area contributed by atoms with Crippen molar-refractivity contribution in [3.05, 3.63) is 53.6 Å². The lowest BCUT2D eigenvalue weighted by molar-refractivity contribution is 0.0845. The largest absolute Gasteiger partial charge is 0.398 e. The summed E-state index contributed by atoms with van der Waals surface area (Å²) in [5.41, 5.74) is 8.22. The van der Waals surface area contributed by atoms with Crippen LogP contribution in [0.5, 0.6) is 0 Å². The number of allylic oxidation sites excluding steroid dienone is 1. The van der Waals surface area contributed by atoms with Crippen LogP contribution < -0.4 is 11.1 Å². The van der Waals surface area contributed by atoms with Gasteiger partial charge in [-0.15, -0.1) is 6.58 Å². The maximum atomic E-state index is 12.0. The number of benzene rings is 2. The van der Waals surface area contributed by atoms with Gasteiger partial charge in [0.15, 0.2) is 0 Å². The molecule has 0 radical (unpaired) electrons. The number of carbonyl (C=O) groups excluding carboxylic acids is 2. The zero-order valence-corrected chi connectivity index (χ0v) is 10.2. The normalized spacial score (nSPS) is 13.5. The average Bonchev–Trinajstić information content (AvgIpc) is 2.38. The Morgan fingerprint density at radius 1 is 1.26 bits per heavy atom. The van der Waals surface area contributed by atoms with E-state index in [2.05, 4.69) is 11.9 Å². The van der Waals surface area contributed by atoms with E-state index in [4.69, 9.17) is 5.73 Å². The summed E-state index contributed by atoms with van der Waals surface area (Å²) in [7, 11) is 0. The second kappa shape index (κ2) is 3.95. The Morgan fingerprint density at radius 3 is 2.79 bits per heavy atom. The van der Waals surface area contributed by atoms with Gasteiger partial charge in [0.1, 0.15) is 0 Å². The Bertz CT molecular complexity index is 747. The molecule has 0 saturated heterocycles. The molecule has 0 unspecified atom stereocenters. The van der Waals surface area contributed by atoms with Crippen molar-refractivity contribution in [2.75, 3.05) is 5.73 Å². The maximum Gasteiger partial charge on any atom is 0.260 e. The lowest BCUT2D eigenvalue weighted by atomic mass is 9.90. The van der Waals surface area contributed by atoms with Crippen molar-refractivity contribution in [1.82, 2.24) is 5.32 Å². The van der Waals surface area contributed by atoms with Crippen LogP contribution in [0.4, 0.5) is 5.69 Å². The summed E-state index contributed by atoms with van der Waals surface area (Å²) >= 11 is 0. The Hall–Kier alpha value is -2.62. The quantitative estimate of drug-likeness (QED) is 0.488. The minimum Gasteiger partial charge on any atom is -0.398 e. The van der Waals surface area contributed by atoms with Crippen LogP contribution in [-0.2, 0) is 6.42 Å². The first-order valence-electron chi connectivity index (χ1n) is 5.94. The van der Waals surface area contributed by atoms with Gasteiger partial charge < -0.3 is 5.73 Å². The first-order valence-corrected chi connectivity index (χ1v) is 5.94. The van der Waals surface area contributed by atoms with Crippen LogP contribution >= 0.6 is 0 Å². The molecular weight excluding hydrogens is 240 g/mol. The fraction of sp³-hybridized carbons (Fsp3) is 0.0667. The van der Waals surface area contributed by atoms with Gasteiger partial charge in [-0.3, -0.25) is 14.9 Å². The van der Waals surface area contributed by atoms with Crippen molar-refractivity contribution < 1.29 is 9.59 Å². The predicted molar refractivity (Wildman–Crippen MR) is 74.1 cm³/mol. The fourth-order valence-corrected chi connectivity index (χ4v) is 2.51. The first kappa shape index (κ1) is 11.5. The molecule has 0 aliphatic carbocycles. The van der Waals surface area contributed by atoms with E-state index in [0.717, 1.165) is 10.9 Å². The van der Waals surface area contributed by atoms with Gasteiger partial charge in [-0.05, 0) is 29.5 Å². The SMILES string of the molecule is C=CCc1cc2cccc3c2c(c1N)C(=O)NC3=O. The Morgan fingerprint density at radius 2 is 2.05 bits per heavy atom. The van der Waals surface area contributed by atoms with Gasteiger partial charge in [0, 0.05) is 16.6 Å². The molecule has 94 valence electrons. The first-order chi connectivity index (χ1) is 9.13. The number of carbonyl (C=O) groups is 2. The number of amides is 2. The third kappa shape index (κ3) is 1.53. The van der Waals surface area contributed by atoms with Crippen molar-refractivity contribution in [2.24, 2.45) is 0 Å². The van der Waals surface area contributed by atoms with E-state index >= 15 is 0 Å². The summed E-state index contributed by atoms with van der Waals surface area (Å²) < 4.78 is 0. The van der Waals surface area contributed by atoms with Crippen LogP contribution in [0.2, 0.25) is 0 Å². The standard InChI is InChI=1S/C15H12N2O2/c1-2-4-9-7-8-5-3-6-10-11(8)12(13(9)16)15(19)17-14(10)18/h2-3,5-7H,1,4,16H2,(H,17,18,19). The molecule has 1 aliphatic heterocycles. The average molecular weight is 252 g/mol. The van der Waals surface area contributed by atoms with Gasteiger partial charge in [-0.25, -0.2) is 0 Å². The molecular formula is C15H12N2O2. The topological polar surface area (TPSA) is 72.2 Å². The Balaban J connectivity index is 2.48. The number of anilines is 1. The Labute approximate surface area is 109 Å². The van der Waals surface area contributed by atoms with Crippen molar-refractivity contribution >= 4 is 28.3 Å². The zero-order valence-electron chi connectivity index (χ0n) is 10.2. The van der Waals surface area contributed by atoms with E-state index in [9.17, 15) is 9.59 Å². The van der Waals surface area contributed by atoms with Gasteiger partial charge >= 0.3 is 0 Å². The highest BCUT2D eigenvalue weighted by atomic mass is 16.2. The number of nitrogens with one attached hydrogen (secondary N) is 1. The van der Waals surface area contributed by atoms with Crippen LogP contribution in [0.3, 0.4) is 0 Å². The summed E-state index contributed by atoms with van der Waals surface area (Å²) in [5.74, 6) is -0.809. The summed E-state index contributed by atoms with van der Waals surface area (Å²) in [6, 6.07) is 7.27. The van der Waals surface area contributed by atoms with Crippen molar-refractivity contribution in [1.29, 1.82) is 0 Å². The van der Waals surface area contributed by atoms with Crippen molar-refractivity contribution in [3.63, 3.8) is 0 Å². The van der Waals surface area contributed by atoms with Gasteiger partial charge in [0.05, 0.1) is 5.56 Å². The van der Waals surface area contributed by atoms with Crippen molar-refractivity contribution in [3.8, 4) is 0 Å². The van der Waals surface area contributed by atoms with Crippen LogP contribution in [0.15, 0.2) is 36.9 Å². The Kier molecular flexibility index (Phi) is 2.38. The van der Waals surface area contributed by atoms with Crippen LogP contribution in [0.25, 0.3) is 10.8 Å². The molecule has 0 fully saturated rings. The molecule has 0 atom stereocenters. The van der Waals surface area contributed by atoms with E-state index in [-0.39, 0.29) is 5.91 Å². The molecule has 19 heavy (non-hydrogen) atoms. The van der Waals surface area contributed by atoms with Crippen LogP contribution in [0, 0.1) is 0 Å². The molecule has 0 aromatic heterocycles. The van der Waals surface area contributed by atoms with E-state index in [1.807, 2.05) is 12.1 Å². The smallest absolute Gasteiger partial charge is 0.260 e. The van der Waals surface area contributed by atoms with E-state index in [1.54, 1.807) is 18.2 Å². The summed E-state index contributed by atoms with van der Waals surface area (Å²) in [6.07, 6.45) is 2.32. The minimum atomic E-state index is -0.433. The highest BCUT2D eigenvalue weighted by Gasteiger charge is 2.27. The highest BCUT2D eigenvalue weighted by Crippen LogP contribution is 2.33. The van der Waals surface area contributed by atoms with Gasteiger partial charge in [-0.2, -0.15) is 0 Å². The molecule has 4 nitrogen and oxygen atoms in total. The molecule has 0 saturated carbocycles. The van der Waals surface area contributed by atoms with E-state index < -0.39 is 5.91 Å². The molecule has 2 aromatic carbocycles. The third-order valence-corrected chi connectivity index (χ3v) is 3.35. The minimum absolute atomic E-state index is 0.376. The second-order valence-corrected chi connectivity index (χ2v) is 4.50. The number of hydrogen-bond acceptors (Lipinski definition) is 3. The van der Waals surface area contributed by atoms with Crippen LogP contribution in [0.1, 0.15) is 26.3 Å². The molecule has 2 amide bonds. The highest BCUT2D eigenvalue weighted by molar-refractivity contribution is 6.27. The molecule has 0 bridgehead atoms. The fourth-order valence-electron chi connectivity index (χ4n) is 2.51. The monoisotopic (exact) mass is 252 g/mol. The van der Waals surface area contributed by atoms with Gasteiger partial charge in [-0.1, -0.05) is 18.2 Å². The van der Waals surface area contributed by atoms with Gasteiger partial charge in [0.25, 0.3) is 11.8 Å². The van der Waals surface area contributed by atoms with Crippen LogP contribution in [-0.4, -0.2) is 11.8 Å². The molecule has 1 heterocycles. The zero-order chi connectivity index (χ0) is 13.6. The summed E-state index contributed by atoms with van der Waals surface area (Å²) in [6.45, 7) is 3.69. The number of rotatable bonds is 2.